The van der Waals surface area contributed by atoms with Crippen LogP contribution in [0.3, 0.4) is 0 Å². The lowest BCUT2D eigenvalue weighted by molar-refractivity contribution is 0.128. The zero-order chi connectivity index (χ0) is 15.7. The summed E-state index contributed by atoms with van der Waals surface area (Å²) in [7, 11) is 0. The van der Waals surface area contributed by atoms with Crippen molar-refractivity contribution in [3.8, 4) is 0 Å². The molecular weight excluding hydrogens is 282 g/mol. The molecule has 22 heavy (non-hydrogen) atoms. The van der Waals surface area contributed by atoms with Crippen LogP contribution in [0.5, 0.6) is 0 Å². The smallest absolute Gasteiger partial charge is 0.243 e. The van der Waals surface area contributed by atoms with Crippen LogP contribution in [0.25, 0.3) is 0 Å². The molecule has 0 amide bonds. The Morgan fingerprint density at radius 2 is 1.77 bits per heavy atom. The molecule has 2 aromatic heterocycles. The van der Waals surface area contributed by atoms with Crippen molar-refractivity contribution in [3.05, 3.63) is 23.4 Å². The minimum atomic E-state index is 0.144. The summed E-state index contributed by atoms with van der Waals surface area (Å²) in [6.45, 7) is 10.0. The Hall–Kier alpha value is -1.76. The monoisotopic (exact) mass is 305 g/mol. The van der Waals surface area contributed by atoms with Crippen LogP contribution in [-0.4, -0.2) is 38.3 Å². The summed E-state index contributed by atoms with van der Waals surface area (Å²) < 4.78 is 10.7. The highest BCUT2D eigenvalue weighted by atomic mass is 16.5. The Kier molecular flexibility index (Phi) is 4.24. The first-order chi connectivity index (χ1) is 10.5. The van der Waals surface area contributed by atoms with Gasteiger partial charge in [-0.25, -0.2) is 0 Å². The molecule has 3 rings (SSSR count). The van der Waals surface area contributed by atoms with E-state index in [2.05, 4.69) is 46.0 Å². The Morgan fingerprint density at radius 1 is 1.05 bits per heavy atom. The van der Waals surface area contributed by atoms with Gasteiger partial charge >= 0.3 is 0 Å². The van der Waals surface area contributed by atoms with E-state index in [0.29, 0.717) is 17.6 Å². The maximum atomic E-state index is 5.41. The van der Waals surface area contributed by atoms with E-state index in [1.54, 1.807) is 0 Å². The summed E-state index contributed by atoms with van der Waals surface area (Å²) in [5.74, 6) is 3.60. The summed E-state index contributed by atoms with van der Waals surface area (Å²) in [6, 6.07) is 0.144. The van der Waals surface area contributed by atoms with Gasteiger partial charge in [-0.3, -0.25) is 4.90 Å². The molecule has 1 atom stereocenters. The molecule has 1 fully saturated rings. The summed E-state index contributed by atoms with van der Waals surface area (Å²) >= 11 is 0. The van der Waals surface area contributed by atoms with Gasteiger partial charge in [-0.2, -0.15) is 9.97 Å². The van der Waals surface area contributed by atoms with Gasteiger partial charge in [-0.1, -0.05) is 24.2 Å². The number of piperidine rings is 1. The molecule has 0 N–H and O–H groups in total. The molecule has 1 aliphatic rings. The van der Waals surface area contributed by atoms with Crippen molar-refractivity contribution in [2.24, 2.45) is 0 Å². The van der Waals surface area contributed by atoms with Gasteiger partial charge in [0, 0.05) is 11.8 Å². The normalized spacial score (nSPS) is 19.0. The Morgan fingerprint density at radius 3 is 2.32 bits per heavy atom. The van der Waals surface area contributed by atoms with Gasteiger partial charge in [0.05, 0.1) is 6.04 Å². The third-order valence-electron chi connectivity index (χ3n) is 4.30. The topological polar surface area (TPSA) is 81.1 Å². The quantitative estimate of drug-likeness (QED) is 0.859. The Labute approximate surface area is 130 Å². The van der Waals surface area contributed by atoms with E-state index < -0.39 is 0 Å². The van der Waals surface area contributed by atoms with Crippen LogP contribution in [0.2, 0.25) is 0 Å². The van der Waals surface area contributed by atoms with Crippen molar-refractivity contribution in [2.75, 3.05) is 13.1 Å². The Bertz CT molecular complexity index is 613. The van der Waals surface area contributed by atoms with Crippen molar-refractivity contribution in [2.45, 2.75) is 58.4 Å². The van der Waals surface area contributed by atoms with Gasteiger partial charge in [0.1, 0.15) is 0 Å². The van der Waals surface area contributed by atoms with Crippen LogP contribution in [0.15, 0.2) is 9.05 Å². The minimum Gasteiger partial charge on any atom is -0.339 e. The van der Waals surface area contributed by atoms with Crippen LogP contribution in [-0.2, 0) is 0 Å². The average Bonchev–Trinajstić information content (AvgIpc) is 3.16. The van der Waals surface area contributed by atoms with Crippen molar-refractivity contribution in [1.29, 1.82) is 0 Å². The molecule has 0 spiro atoms. The van der Waals surface area contributed by atoms with E-state index in [0.717, 1.165) is 37.6 Å². The maximum Gasteiger partial charge on any atom is 0.243 e. The molecule has 0 aromatic carbocycles. The van der Waals surface area contributed by atoms with Crippen LogP contribution >= 0.6 is 0 Å². The second-order valence-electron chi connectivity index (χ2n) is 6.31. The van der Waals surface area contributed by atoms with Gasteiger partial charge in [-0.15, -0.1) is 0 Å². The molecule has 0 radical (unpaired) electrons. The van der Waals surface area contributed by atoms with Gasteiger partial charge < -0.3 is 9.05 Å². The van der Waals surface area contributed by atoms with E-state index in [-0.39, 0.29) is 12.0 Å². The van der Waals surface area contributed by atoms with E-state index in [1.165, 1.54) is 0 Å². The number of likely N-dealkylation sites (tertiary alicyclic amines) is 1. The first-order valence-electron chi connectivity index (χ1n) is 7.92. The minimum absolute atomic E-state index is 0.144. The third-order valence-corrected chi connectivity index (χ3v) is 4.30. The van der Waals surface area contributed by atoms with E-state index >= 15 is 0 Å². The molecule has 1 aliphatic heterocycles. The van der Waals surface area contributed by atoms with Gasteiger partial charge in [-0.05, 0) is 39.8 Å². The van der Waals surface area contributed by atoms with Crippen molar-refractivity contribution in [3.63, 3.8) is 0 Å². The van der Waals surface area contributed by atoms with Gasteiger partial charge in [0.25, 0.3) is 0 Å². The first-order valence-corrected chi connectivity index (χ1v) is 7.92. The van der Waals surface area contributed by atoms with Crippen LogP contribution < -0.4 is 0 Å². The molecule has 7 heteroatoms. The van der Waals surface area contributed by atoms with Gasteiger partial charge in [0.15, 0.2) is 11.6 Å². The number of aryl methyl sites for hydroxylation is 1. The maximum absolute atomic E-state index is 5.41. The van der Waals surface area contributed by atoms with Crippen molar-refractivity contribution >= 4 is 0 Å². The second-order valence-corrected chi connectivity index (χ2v) is 6.31. The molecule has 1 saturated heterocycles. The van der Waals surface area contributed by atoms with Crippen LogP contribution in [0.4, 0.5) is 0 Å². The van der Waals surface area contributed by atoms with Crippen LogP contribution in [0, 0.1) is 6.92 Å². The summed E-state index contributed by atoms with van der Waals surface area (Å²) in [6.07, 6.45) is 2.02. The SMILES string of the molecule is Cc1noc(C2CCN([C@@H](C)c3nc(C(C)C)no3)CC2)n1. The summed E-state index contributed by atoms with van der Waals surface area (Å²) in [5, 5.41) is 7.93. The first kappa shape index (κ1) is 15.1. The number of hydrogen-bond acceptors (Lipinski definition) is 7. The highest BCUT2D eigenvalue weighted by Gasteiger charge is 2.29. The van der Waals surface area contributed by atoms with E-state index in [4.69, 9.17) is 9.05 Å². The molecular formula is C15H23N5O2. The molecule has 0 unspecified atom stereocenters. The van der Waals surface area contributed by atoms with Crippen molar-refractivity contribution in [1.82, 2.24) is 25.2 Å². The molecule has 0 aliphatic carbocycles. The predicted octanol–water partition coefficient (Wildman–Crippen LogP) is 2.83. The highest BCUT2D eigenvalue weighted by Crippen LogP contribution is 2.31. The van der Waals surface area contributed by atoms with E-state index in [9.17, 15) is 0 Å². The lowest BCUT2D eigenvalue weighted by Crippen LogP contribution is -2.35. The summed E-state index contributed by atoms with van der Waals surface area (Å²) in [5.41, 5.74) is 0. The van der Waals surface area contributed by atoms with Crippen molar-refractivity contribution < 1.29 is 9.05 Å². The fraction of sp³-hybridized carbons (Fsp3) is 0.733. The standard InChI is InChI=1S/C15H23N5O2/c1-9(2)13-17-14(21-19-13)10(3)20-7-5-12(6-8-20)15-16-11(4)18-22-15/h9-10,12H,5-8H2,1-4H3/t10-/m0/s1. The zero-order valence-corrected chi connectivity index (χ0v) is 13.6. The lowest BCUT2D eigenvalue weighted by atomic mass is 9.96. The molecule has 7 nitrogen and oxygen atoms in total. The van der Waals surface area contributed by atoms with E-state index in [1.807, 2.05) is 6.92 Å². The Balaban J connectivity index is 1.60. The largest absolute Gasteiger partial charge is 0.339 e. The second kappa shape index (κ2) is 6.16. The number of nitrogens with zero attached hydrogens (tertiary/aromatic N) is 5. The predicted molar refractivity (Wildman–Crippen MR) is 79.4 cm³/mol. The fourth-order valence-corrected chi connectivity index (χ4v) is 2.82. The molecule has 0 saturated carbocycles. The number of hydrogen-bond donors (Lipinski definition) is 0. The third kappa shape index (κ3) is 3.04. The molecule has 3 heterocycles. The number of aromatic nitrogens is 4. The number of rotatable bonds is 4. The molecule has 2 aromatic rings. The van der Waals surface area contributed by atoms with Gasteiger partial charge in [0.2, 0.25) is 11.8 Å². The highest BCUT2D eigenvalue weighted by molar-refractivity contribution is 4.99. The molecule has 120 valence electrons. The lowest BCUT2D eigenvalue weighted by Gasteiger charge is -2.33. The zero-order valence-electron chi connectivity index (χ0n) is 13.6. The van der Waals surface area contributed by atoms with Crippen LogP contribution in [0.1, 0.15) is 74.9 Å². The molecule has 0 bridgehead atoms. The summed E-state index contributed by atoms with van der Waals surface area (Å²) in [4.78, 5) is 11.2. The fourth-order valence-electron chi connectivity index (χ4n) is 2.82. The average molecular weight is 305 g/mol.